The Bertz CT molecular complexity index is 473. The first-order valence-electron chi connectivity index (χ1n) is 4.20. The van der Waals surface area contributed by atoms with Crippen molar-refractivity contribution in [1.29, 1.82) is 0 Å². The number of H-pyrrole nitrogens is 1. The van der Waals surface area contributed by atoms with Crippen LogP contribution in [0.1, 0.15) is 16.2 Å². The van der Waals surface area contributed by atoms with Crippen LogP contribution in [0.4, 0.5) is 11.5 Å². The Labute approximate surface area is 84.6 Å². The Hall–Kier alpha value is -2.31. The molecule has 2 heterocycles. The van der Waals surface area contributed by atoms with E-state index in [2.05, 4.69) is 25.2 Å². The van der Waals surface area contributed by atoms with Gasteiger partial charge in [0.15, 0.2) is 11.5 Å². The van der Waals surface area contributed by atoms with E-state index in [1.54, 1.807) is 6.92 Å². The van der Waals surface area contributed by atoms with Crippen molar-refractivity contribution < 1.29 is 9.32 Å². The number of aryl methyl sites for hydroxylation is 1. The molecule has 15 heavy (non-hydrogen) atoms. The smallest absolute Gasteiger partial charge is 0.279 e. The summed E-state index contributed by atoms with van der Waals surface area (Å²) in [5.74, 6) is -0.123. The average molecular weight is 207 g/mol. The molecule has 0 atom stereocenters. The minimum absolute atomic E-state index is 0.176. The van der Waals surface area contributed by atoms with Crippen LogP contribution in [-0.2, 0) is 0 Å². The number of nitrogen functional groups attached to an aromatic ring is 1. The fourth-order valence-corrected chi connectivity index (χ4v) is 1.03. The fourth-order valence-electron chi connectivity index (χ4n) is 1.03. The maximum Gasteiger partial charge on any atom is 0.279 e. The standard InChI is InChI=1S/C8H9N5O2/c1-4-6(9)7(12-11-4)10-8(14)5-2-3-15-13-5/h2-3H,9H2,1H3,(H2,10,11,12,14). The summed E-state index contributed by atoms with van der Waals surface area (Å²) in [6.45, 7) is 1.76. The number of nitrogens with two attached hydrogens (primary N) is 1. The molecule has 0 aliphatic rings. The molecule has 1 amide bonds. The van der Waals surface area contributed by atoms with E-state index in [1.165, 1.54) is 12.3 Å². The van der Waals surface area contributed by atoms with E-state index in [4.69, 9.17) is 5.73 Å². The van der Waals surface area contributed by atoms with Crippen molar-refractivity contribution in [3.05, 3.63) is 23.7 Å². The summed E-state index contributed by atoms with van der Waals surface area (Å²) in [6, 6.07) is 1.45. The molecule has 0 saturated heterocycles. The quantitative estimate of drug-likeness (QED) is 0.665. The van der Waals surface area contributed by atoms with Crippen LogP contribution >= 0.6 is 0 Å². The molecule has 7 heteroatoms. The highest BCUT2D eigenvalue weighted by Gasteiger charge is 2.13. The third-order valence-electron chi connectivity index (χ3n) is 1.90. The molecule has 0 spiro atoms. The summed E-state index contributed by atoms with van der Waals surface area (Å²) < 4.78 is 4.54. The normalized spacial score (nSPS) is 10.2. The number of amides is 1. The number of nitrogens with zero attached hydrogens (tertiary/aromatic N) is 2. The molecule has 2 aromatic heterocycles. The van der Waals surface area contributed by atoms with Gasteiger partial charge in [-0.2, -0.15) is 5.10 Å². The number of aromatic nitrogens is 3. The van der Waals surface area contributed by atoms with Crippen molar-refractivity contribution in [2.75, 3.05) is 11.1 Å². The number of hydrogen-bond donors (Lipinski definition) is 3. The number of hydrogen-bond acceptors (Lipinski definition) is 5. The van der Waals surface area contributed by atoms with Gasteiger partial charge < -0.3 is 15.6 Å². The van der Waals surface area contributed by atoms with Crippen molar-refractivity contribution in [2.45, 2.75) is 6.92 Å². The molecule has 2 aromatic rings. The average Bonchev–Trinajstić information content (AvgIpc) is 2.83. The van der Waals surface area contributed by atoms with E-state index in [9.17, 15) is 4.79 Å². The molecular formula is C8H9N5O2. The molecule has 0 aromatic carbocycles. The highest BCUT2D eigenvalue weighted by atomic mass is 16.5. The van der Waals surface area contributed by atoms with E-state index in [0.29, 0.717) is 17.2 Å². The zero-order valence-corrected chi connectivity index (χ0v) is 7.94. The lowest BCUT2D eigenvalue weighted by molar-refractivity contribution is 0.101. The minimum atomic E-state index is -0.415. The summed E-state index contributed by atoms with van der Waals surface area (Å²) in [4.78, 5) is 11.5. The second-order valence-electron chi connectivity index (χ2n) is 2.95. The predicted molar refractivity (Wildman–Crippen MR) is 52.2 cm³/mol. The van der Waals surface area contributed by atoms with Gasteiger partial charge in [0, 0.05) is 6.07 Å². The van der Waals surface area contributed by atoms with Crippen LogP contribution in [0.15, 0.2) is 16.9 Å². The largest absolute Gasteiger partial charge is 0.394 e. The minimum Gasteiger partial charge on any atom is -0.394 e. The molecule has 0 aliphatic carbocycles. The summed E-state index contributed by atoms with van der Waals surface area (Å²) in [6.07, 6.45) is 1.31. The van der Waals surface area contributed by atoms with Gasteiger partial charge in [-0.3, -0.25) is 9.89 Å². The monoisotopic (exact) mass is 207 g/mol. The second kappa shape index (κ2) is 3.45. The highest BCUT2D eigenvalue weighted by molar-refractivity contribution is 6.03. The summed E-state index contributed by atoms with van der Waals surface area (Å²) in [5.41, 5.74) is 6.94. The van der Waals surface area contributed by atoms with E-state index in [1.807, 2.05) is 0 Å². The van der Waals surface area contributed by atoms with Gasteiger partial charge >= 0.3 is 0 Å². The molecule has 4 N–H and O–H groups in total. The molecule has 2 rings (SSSR count). The lowest BCUT2D eigenvalue weighted by atomic mass is 10.3. The molecule has 78 valence electrons. The number of nitrogens with one attached hydrogen (secondary N) is 2. The van der Waals surface area contributed by atoms with Gasteiger partial charge in [-0.25, -0.2) is 0 Å². The third kappa shape index (κ3) is 1.66. The lowest BCUT2D eigenvalue weighted by Crippen LogP contribution is -2.13. The van der Waals surface area contributed by atoms with Gasteiger partial charge in [0.2, 0.25) is 0 Å². The van der Waals surface area contributed by atoms with Crippen LogP contribution in [0, 0.1) is 6.92 Å². The van der Waals surface area contributed by atoms with Crippen molar-refractivity contribution in [2.24, 2.45) is 0 Å². The van der Waals surface area contributed by atoms with Gasteiger partial charge in [-0.05, 0) is 6.92 Å². The van der Waals surface area contributed by atoms with Crippen LogP contribution in [0.25, 0.3) is 0 Å². The van der Waals surface area contributed by atoms with Crippen molar-refractivity contribution >= 4 is 17.4 Å². The van der Waals surface area contributed by atoms with Crippen molar-refractivity contribution in [1.82, 2.24) is 15.4 Å². The van der Waals surface area contributed by atoms with Gasteiger partial charge in [0.25, 0.3) is 5.91 Å². The summed E-state index contributed by atoms with van der Waals surface area (Å²) in [5, 5.41) is 12.5. The Morgan fingerprint density at radius 2 is 2.47 bits per heavy atom. The Kier molecular flexibility index (Phi) is 2.13. The molecule has 0 aliphatic heterocycles. The molecule has 0 radical (unpaired) electrons. The van der Waals surface area contributed by atoms with Gasteiger partial charge in [0.1, 0.15) is 6.26 Å². The number of aromatic amines is 1. The Morgan fingerprint density at radius 3 is 3.00 bits per heavy atom. The molecule has 0 fully saturated rings. The van der Waals surface area contributed by atoms with Gasteiger partial charge in [-0.15, -0.1) is 0 Å². The van der Waals surface area contributed by atoms with Crippen LogP contribution in [0.3, 0.4) is 0 Å². The van der Waals surface area contributed by atoms with Crippen LogP contribution in [-0.4, -0.2) is 21.3 Å². The highest BCUT2D eigenvalue weighted by Crippen LogP contribution is 2.18. The Morgan fingerprint density at radius 1 is 1.67 bits per heavy atom. The van der Waals surface area contributed by atoms with E-state index < -0.39 is 5.91 Å². The predicted octanol–water partition coefficient (Wildman–Crippen LogP) is 0.541. The molecule has 0 unspecified atom stereocenters. The molecule has 0 saturated carbocycles. The van der Waals surface area contributed by atoms with Crippen LogP contribution in [0.2, 0.25) is 0 Å². The number of anilines is 2. The number of carbonyl (C=O) groups excluding carboxylic acids is 1. The molecule has 7 nitrogen and oxygen atoms in total. The Balaban J connectivity index is 2.16. The topological polar surface area (TPSA) is 110 Å². The first-order valence-corrected chi connectivity index (χ1v) is 4.20. The third-order valence-corrected chi connectivity index (χ3v) is 1.90. The van der Waals surface area contributed by atoms with Gasteiger partial charge in [-0.1, -0.05) is 5.16 Å². The first kappa shape index (κ1) is 9.25. The van der Waals surface area contributed by atoms with E-state index in [-0.39, 0.29) is 5.69 Å². The number of carbonyl (C=O) groups is 1. The van der Waals surface area contributed by atoms with Crippen molar-refractivity contribution in [3.63, 3.8) is 0 Å². The van der Waals surface area contributed by atoms with Crippen LogP contribution in [0.5, 0.6) is 0 Å². The molecule has 0 bridgehead atoms. The maximum atomic E-state index is 11.5. The summed E-state index contributed by atoms with van der Waals surface area (Å²) >= 11 is 0. The maximum absolute atomic E-state index is 11.5. The van der Waals surface area contributed by atoms with E-state index in [0.717, 1.165) is 0 Å². The lowest BCUT2D eigenvalue weighted by Gasteiger charge is -1.98. The fraction of sp³-hybridized carbons (Fsp3) is 0.125. The SMILES string of the molecule is Cc1[nH]nc(NC(=O)c2ccon2)c1N. The first-order chi connectivity index (χ1) is 7.18. The second-order valence-corrected chi connectivity index (χ2v) is 2.95. The zero-order valence-electron chi connectivity index (χ0n) is 7.94. The zero-order chi connectivity index (χ0) is 10.8. The van der Waals surface area contributed by atoms with Crippen LogP contribution < -0.4 is 11.1 Å². The van der Waals surface area contributed by atoms with Gasteiger partial charge in [0.05, 0.1) is 11.4 Å². The number of rotatable bonds is 2. The van der Waals surface area contributed by atoms with Crippen molar-refractivity contribution in [3.8, 4) is 0 Å². The molecular weight excluding hydrogens is 198 g/mol. The van der Waals surface area contributed by atoms with E-state index >= 15 is 0 Å². The summed E-state index contributed by atoms with van der Waals surface area (Å²) in [7, 11) is 0.